The summed E-state index contributed by atoms with van der Waals surface area (Å²) in [6.45, 7) is 0.206. The minimum absolute atomic E-state index is 0.0462. The minimum Gasteiger partial charge on any atom is -0.392 e. The molecule has 0 amide bonds. The highest BCUT2D eigenvalue weighted by Gasteiger charge is 2.09. The van der Waals surface area contributed by atoms with Gasteiger partial charge < -0.3 is 9.67 Å². The minimum atomic E-state index is -0.838. The van der Waals surface area contributed by atoms with Gasteiger partial charge in [0.25, 0.3) is 0 Å². The molecule has 3 aromatic rings. The van der Waals surface area contributed by atoms with Crippen LogP contribution in [0.15, 0.2) is 48.7 Å². The van der Waals surface area contributed by atoms with Gasteiger partial charge >= 0.3 is 0 Å². The van der Waals surface area contributed by atoms with Gasteiger partial charge in [0, 0.05) is 17.3 Å². The van der Waals surface area contributed by atoms with Crippen LogP contribution in [0.2, 0.25) is 0 Å². The average Bonchev–Trinajstić information content (AvgIpc) is 2.86. The summed E-state index contributed by atoms with van der Waals surface area (Å²) in [5.41, 5.74) is 1.98. The lowest BCUT2D eigenvalue weighted by Gasteiger charge is -2.08. The molecule has 0 spiro atoms. The van der Waals surface area contributed by atoms with Crippen LogP contribution in [-0.4, -0.2) is 9.67 Å². The van der Waals surface area contributed by atoms with E-state index in [2.05, 4.69) is 0 Å². The Morgan fingerprint density at radius 1 is 1.05 bits per heavy atom. The quantitative estimate of drug-likeness (QED) is 0.776. The number of aromatic nitrogens is 1. The van der Waals surface area contributed by atoms with E-state index in [0.29, 0.717) is 5.56 Å². The highest BCUT2D eigenvalue weighted by molar-refractivity contribution is 5.80. The average molecular weight is 273 g/mol. The summed E-state index contributed by atoms with van der Waals surface area (Å²) in [5, 5.41) is 10.2. The van der Waals surface area contributed by atoms with Crippen LogP contribution in [0.1, 0.15) is 11.1 Å². The molecule has 0 aliphatic heterocycles. The van der Waals surface area contributed by atoms with E-state index >= 15 is 0 Å². The predicted octanol–water partition coefficient (Wildman–Crippen LogP) is 3.46. The zero-order valence-electron chi connectivity index (χ0n) is 10.7. The van der Waals surface area contributed by atoms with Crippen molar-refractivity contribution in [2.75, 3.05) is 0 Å². The van der Waals surface area contributed by atoms with Crippen molar-refractivity contribution in [2.24, 2.45) is 0 Å². The van der Waals surface area contributed by atoms with Gasteiger partial charge in [-0.15, -0.1) is 0 Å². The maximum atomic E-state index is 13.7. The van der Waals surface area contributed by atoms with Gasteiger partial charge in [-0.3, -0.25) is 0 Å². The van der Waals surface area contributed by atoms with Crippen molar-refractivity contribution in [1.82, 2.24) is 4.57 Å². The van der Waals surface area contributed by atoms with Crippen LogP contribution in [0, 0.1) is 11.6 Å². The summed E-state index contributed by atoms with van der Waals surface area (Å²) in [5.74, 6) is -1.65. The molecule has 0 radical (unpaired) electrons. The van der Waals surface area contributed by atoms with E-state index < -0.39 is 11.6 Å². The van der Waals surface area contributed by atoms with Gasteiger partial charge in [-0.25, -0.2) is 8.78 Å². The second kappa shape index (κ2) is 5.06. The van der Waals surface area contributed by atoms with Crippen molar-refractivity contribution in [3.8, 4) is 0 Å². The molecule has 20 heavy (non-hydrogen) atoms. The fourth-order valence-corrected chi connectivity index (χ4v) is 2.32. The van der Waals surface area contributed by atoms with Gasteiger partial charge in [0.05, 0.1) is 13.2 Å². The van der Waals surface area contributed by atoms with E-state index in [4.69, 9.17) is 0 Å². The van der Waals surface area contributed by atoms with Gasteiger partial charge in [-0.2, -0.15) is 0 Å². The van der Waals surface area contributed by atoms with Crippen LogP contribution in [0.5, 0.6) is 0 Å². The summed E-state index contributed by atoms with van der Waals surface area (Å²) in [7, 11) is 0. The smallest absolute Gasteiger partial charge is 0.163 e. The standard InChI is InChI=1S/C16H13F2NO/c17-14-3-1-2-13(16(14)18)9-19-7-6-12-5-4-11(10-20)8-15(12)19/h1-8,20H,9-10H2. The van der Waals surface area contributed by atoms with Crippen molar-refractivity contribution in [3.05, 3.63) is 71.4 Å². The number of aliphatic hydroxyl groups is 1. The monoisotopic (exact) mass is 273 g/mol. The van der Waals surface area contributed by atoms with E-state index in [1.165, 1.54) is 6.07 Å². The number of rotatable bonds is 3. The van der Waals surface area contributed by atoms with Crippen molar-refractivity contribution >= 4 is 10.9 Å². The number of halogens is 2. The molecule has 3 rings (SSSR count). The maximum Gasteiger partial charge on any atom is 0.163 e. The molecule has 1 N–H and O–H groups in total. The SMILES string of the molecule is OCc1ccc2ccn(Cc3cccc(F)c3F)c2c1. The summed E-state index contributed by atoms with van der Waals surface area (Å²) < 4.78 is 28.8. The highest BCUT2D eigenvalue weighted by atomic mass is 19.2. The van der Waals surface area contributed by atoms with Gasteiger partial charge in [-0.05, 0) is 29.1 Å². The third-order valence-electron chi connectivity index (χ3n) is 3.39. The van der Waals surface area contributed by atoms with Gasteiger partial charge in [0.2, 0.25) is 0 Å². The Morgan fingerprint density at radius 3 is 2.70 bits per heavy atom. The Balaban J connectivity index is 2.04. The number of hydrogen-bond donors (Lipinski definition) is 1. The van der Waals surface area contributed by atoms with Crippen LogP contribution in [0.25, 0.3) is 10.9 Å². The largest absolute Gasteiger partial charge is 0.392 e. The molecule has 0 aliphatic carbocycles. The molecule has 0 saturated heterocycles. The second-order valence-electron chi connectivity index (χ2n) is 4.71. The van der Waals surface area contributed by atoms with E-state index in [1.807, 2.05) is 35.0 Å². The number of nitrogens with zero attached hydrogens (tertiary/aromatic N) is 1. The molecular weight excluding hydrogens is 260 g/mol. The number of fused-ring (bicyclic) bond motifs is 1. The molecular formula is C16H13F2NO. The van der Waals surface area contributed by atoms with E-state index in [9.17, 15) is 13.9 Å². The number of aliphatic hydroxyl groups excluding tert-OH is 1. The van der Waals surface area contributed by atoms with Crippen LogP contribution >= 0.6 is 0 Å². The van der Waals surface area contributed by atoms with Crippen LogP contribution in [-0.2, 0) is 13.2 Å². The first-order valence-electron chi connectivity index (χ1n) is 6.30. The molecule has 0 fully saturated rings. The molecule has 1 heterocycles. The van der Waals surface area contributed by atoms with Crippen molar-refractivity contribution < 1.29 is 13.9 Å². The van der Waals surface area contributed by atoms with Gasteiger partial charge in [0.15, 0.2) is 11.6 Å². The Hall–Kier alpha value is -2.20. The Bertz CT molecular complexity index is 764. The summed E-state index contributed by atoms with van der Waals surface area (Å²) in [6, 6.07) is 11.7. The Labute approximate surface area is 114 Å². The van der Waals surface area contributed by atoms with E-state index in [-0.39, 0.29) is 13.2 Å². The normalized spacial score (nSPS) is 11.2. The molecule has 2 aromatic carbocycles. The molecule has 2 nitrogen and oxygen atoms in total. The first kappa shape index (κ1) is 12.8. The van der Waals surface area contributed by atoms with Crippen LogP contribution in [0.4, 0.5) is 8.78 Å². The van der Waals surface area contributed by atoms with Crippen LogP contribution in [0.3, 0.4) is 0 Å². The third kappa shape index (κ3) is 2.18. The molecule has 0 unspecified atom stereocenters. The van der Waals surface area contributed by atoms with Crippen molar-refractivity contribution in [1.29, 1.82) is 0 Å². The molecule has 0 aliphatic rings. The molecule has 0 bridgehead atoms. The van der Waals surface area contributed by atoms with Crippen molar-refractivity contribution in [2.45, 2.75) is 13.2 Å². The molecule has 102 valence electrons. The third-order valence-corrected chi connectivity index (χ3v) is 3.39. The fourth-order valence-electron chi connectivity index (χ4n) is 2.32. The Morgan fingerprint density at radius 2 is 1.90 bits per heavy atom. The number of benzene rings is 2. The molecule has 4 heteroatoms. The summed E-state index contributed by atoms with van der Waals surface area (Å²) >= 11 is 0. The Kier molecular flexibility index (Phi) is 3.24. The molecule has 0 atom stereocenters. The number of hydrogen-bond acceptors (Lipinski definition) is 1. The summed E-state index contributed by atoms with van der Waals surface area (Å²) in [6.07, 6.45) is 1.83. The molecule has 1 aromatic heterocycles. The van der Waals surface area contributed by atoms with E-state index in [1.54, 1.807) is 6.07 Å². The lowest BCUT2D eigenvalue weighted by Crippen LogP contribution is -2.02. The first-order chi connectivity index (χ1) is 9.69. The van der Waals surface area contributed by atoms with Crippen molar-refractivity contribution in [3.63, 3.8) is 0 Å². The lowest BCUT2D eigenvalue weighted by atomic mass is 10.1. The topological polar surface area (TPSA) is 25.2 Å². The van der Waals surface area contributed by atoms with Gasteiger partial charge in [-0.1, -0.05) is 24.3 Å². The van der Waals surface area contributed by atoms with E-state index in [0.717, 1.165) is 22.5 Å². The lowest BCUT2D eigenvalue weighted by molar-refractivity contribution is 0.282. The second-order valence-corrected chi connectivity index (χ2v) is 4.71. The van der Waals surface area contributed by atoms with Crippen LogP contribution < -0.4 is 0 Å². The van der Waals surface area contributed by atoms with Gasteiger partial charge in [0.1, 0.15) is 0 Å². The molecule has 0 saturated carbocycles. The zero-order valence-corrected chi connectivity index (χ0v) is 10.7. The maximum absolute atomic E-state index is 13.7. The predicted molar refractivity (Wildman–Crippen MR) is 73.3 cm³/mol. The first-order valence-corrected chi connectivity index (χ1v) is 6.30. The fraction of sp³-hybridized carbons (Fsp3) is 0.125. The zero-order chi connectivity index (χ0) is 14.1. The highest BCUT2D eigenvalue weighted by Crippen LogP contribution is 2.20. The summed E-state index contributed by atoms with van der Waals surface area (Å²) in [4.78, 5) is 0.